The Kier molecular flexibility index (Phi) is 7.93. The lowest BCUT2D eigenvalue weighted by molar-refractivity contribution is 0.787. The number of thiophene rings is 1. The van der Waals surface area contributed by atoms with Crippen LogP contribution < -0.4 is 4.90 Å². The monoisotopic (exact) mass is 657 g/mol. The second-order valence-corrected chi connectivity index (χ2v) is 13.9. The van der Waals surface area contributed by atoms with Crippen molar-refractivity contribution >= 4 is 48.5 Å². The summed E-state index contributed by atoms with van der Waals surface area (Å²) < 4.78 is 2.67. The van der Waals surface area contributed by atoms with Crippen LogP contribution in [0.5, 0.6) is 0 Å². The van der Waals surface area contributed by atoms with E-state index in [1.54, 1.807) is 0 Å². The molecular formula is C48H35NS. The number of fused-ring (bicyclic) bond motifs is 3. The zero-order valence-electron chi connectivity index (χ0n) is 27.6. The molecular weight excluding hydrogens is 623 g/mol. The Morgan fingerprint density at radius 2 is 1.02 bits per heavy atom. The Hall–Kier alpha value is -5.96. The Labute approximate surface area is 297 Å². The summed E-state index contributed by atoms with van der Waals surface area (Å²) in [6, 6.07) is 64.0. The maximum atomic E-state index is 2.45. The molecule has 2 heteroatoms. The van der Waals surface area contributed by atoms with Crippen LogP contribution in [0.25, 0.3) is 59.1 Å². The lowest BCUT2D eigenvalue weighted by Gasteiger charge is -2.33. The number of anilines is 2. The Balaban J connectivity index is 1.02. The van der Waals surface area contributed by atoms with Gasteiger partial charge in [-0.3, -0.25) is 0 Å². The number of hydrogen-bond acceptors (Lipinski definition) is 2. The normalized spacial score (nSPS) is 14.2. The molecule has 0 spiro atoms. The third-order valence-corrected chi connectivity index (χ3v) is 11.0. The molecule has 8 aromatic rings. The molecule has 1 aliphatic rings. The molecule has 1 atom stereocenters. The van der Waals surface area contributed by atoms with Crippen LogP contribution in [0.2, 0.25) is 0 Å². The van der Waals surface area contributed by atoms with Crippen LogP contribution in [0.4, 0.5) is 11.4 Å². The fourth-order valence-corrected chi connectivity index (χ4v) is 8.48. The largest absolute Gasteiger partial charge is 0.334 e. The average Bonchev–Trinajstić information content (AvgIpc) is 3.58. The molecule has 50 heavy (non-hydrogen) atoms. The van der Waals surface area contributed by atoms with E-state index in [1.165, 1.54) is 76.1 Å². The van der Waals surface area contributed by atoms with Crippen molar-refractivity contribution in [3.8, 4) is 33.4 Å². The number of benzene rings is 7. The number of para-hydroxylation sites is 1. The van der Waals surface area contributed by atoms with Gasteiger partial charge in [0.15, 0.2) is 0 Å². The molecule has 0 amide bonds. The van der Waals surface area contributed by atoms with Gasteiger partial charge in [0, 0.05) is 37.1 Å². The topological polar surface area (TPSA) is 3.24 Å². The molecule has 0 saturated carbocycles. The van der Waals surface area contributed by atoms with Gasteiger partial charge in [-0.25, -0.2) is 0 Å². The molecule has 1 aliphatic carbocycles. The van der Waals surface area contributed by atoms with Crippen LogP contribution in [0.3, 0.4) is 0 Å². The lowest BCUT2D eigenvalue weighted by atomic mass is 9.94. The van der Waals surface area contributed by atoms with Crippen molar-refractivity contribution in [2.24, 2.45) is 0 Å². The third kappa shape index (κ3) is 5.74. The lowest BCUT2D eigenvalue weighted by Crippen LogP contribution is -2.30. The number of nitrogens with zero attached hydrogens (tertiary/aromatic N) is 1. The number of rotatable bonds is 7. The summed E-state index contributed by atoms with van der Waals surface area (Å²) in [6.07, 6.45) is 7.93. The van der Waals surface area contributed by atoms with Crippen LogP contribution in [-0.2, 0) is 0 Å². The van der Waals surface area contributed by atoms with Crippen molar-refractivity contribution in [3.63, 3.8) is 0 Å². The average molecular weight is 658 g/mol. The van der Waals surface area contributed by atoms with Gasteiger partial charge in [0.1, 0.15) is 0 Å². The predicted octanol–water partition coefficient (Wildman–Crippen LogP) is 13.6. The quantitative estimate of drug-likeness (QED) is 0.165. The molecule has 0 N–H and O–H groups in total. The van der Waals surface area contributed by atoms with Crippen molar-refractivity contribution in [2.75, 3.05) is 4.90 Å². The van der Waals surface area contributed by atoms with E-state index < -0.39 is 0 Å². The summed E-state index contributed by atoms with van der Waals surface area (Å²) in [6.45, 7) is 0. The van der Waals surface area contributed by atoms with Crippen molar-refractivity contribution in [2.45, 2.75) is 12.5 Å². The molecule has 1 heterocycles. The first-order valence-corrected chi connectivity index (χ1v) is 18.1. The first-order valence-electron chi connectivity index (χ1n) is 17.3. The minimum atomic E-state index is 0.230. The fourth-order valence-electron chi connectivity index (χ4n) is 7.26. The summed E-state index contributed by atoms with van der Waals surface area (Å²) in [5, 5.41) is 2.65. The maximum Gasteiger partial charge on any atom is 0.0560 e. The van der Waals surface area contributed by atoms with Gasteiger partial charge in [0.25, 0.3) is 0 Å². The van der Waals surface area contributed by atoms with E-state index in [0.717, 1.165) is 6.42 Å². The molecule has 1 aromatic heterocycles. The molecule has 1 unspecified atom stereocenters. The maximum absolute atomic E-state index is 2.45. The van der Waals surface area contributed by atoms with Crippen molar-refractivity contribution in [3.05, 3.63) is 200 Å². The van der Waals surface area contributed by atoms with Crippen LogP contribution in [0, 0.1) is 0 Å². The van der Waals surface area contributed by atoms with E-state index in [9.17, 15) is 0 Å². The second-order valence-electron chi connectivity index (χ2n) is 12.9. The summed E-state index contributed by atoms with van der Waals surface area (Å²) in [5.41, 5.74) is 12.4. The summed E-state index contributed by atoms with van der Waals surface area (Å²) >= 11 is 1.89. The summed E-state index contributed by atoms with van der Waals surface area (Å²) in [7, 11) is 0. The minimum absolute atomic E-state index is 0.230. The predicted molar refractivity (Wildman–Crippen MR) is 216 cm³/mol. The third-order valence-electron chi connectivity index (χ3n) is 9.81. The van der Waals surface area contributed by atoms with Gasteiger partial charge >= 0.3 is 0 Å². The smallest absolute Gasteiger partial charge is 0.0560 e. The molecule has 238 valence electrons. The Morgan fingerprint density at radius 1 is 0.460 bits per heavy atom. The molecule has 0 bridgehead atoms. The highest BCUT2D eigenvalue weighted by Gasteiger charge is 2.21. The van der Waals surface area contributed by atoms with Crippen LogP contribution in [0.15, 0.2) is 194 Å². The highest BCUT2D eigenvalue weighted by atomic mass is 32.1. The van der Waals surface area contributed by atoms with Gasteiger partial charge in [-0.1, -0.05) is 152 Å². The second kappa shape index (κ2) is 13.2. The van der Waals surface area contributed by atoms with Gasteiger partial charge in [0.2, 0.25) is 0 Å². The molecule has 0 fully saturated rings. The molecule has 0 radical (unpaired) electrons. The van der Waals surface area contributed by atoms with Crippen molar-refractivity contribution in [1.82, 2.24) is 0 Å². The van der Waals surface area contributed by atoms with Gasteiger partial charge in [0.05, 0.1) is 6.04 Å². The van der Waals surface area contributed by atoms with Crippen LogP contribution in [0.1, 0.15) is 12.0 Å². The van der Waals surface area contributed by atoms with E-state index >= 15 is 0 Å². The Bertz CT molecular complexity index is 2470. The Morgan fingerprint density at radius 3 is 1.68 bits per heavy atom. The van der Waals surface area contributed by atoms with E-state index in [4.69, 9.17) is 0 Å². The van der Waals surface area contributed by atoms with Crippen molar-refractivity contribution < 1.29 is 0 Å². The summed E-state index contributed by atoms with van der Waals surface area (Å²) in [5.74, 6) is 0. The SMILES string of the molecule is C1=CC(N(c2ccccc2)c2ccc(-c3ccc(-c4cc(-c5ccccc5)c5sc6ccccc6c5c4)cc3)cc2)CC=C1c1ccccc1. The van der Waals surface area contributed by atoms with Gasteiger partial charge in [-0.15, -0.1) is 11.3 Å². The minimum Gasteiger partial charge on any atom is -0.334 e. The van der Waals surface area contributed by atoms with E-state index in [0.29, 0.717) is 0 Å². The molecule has 1 nitrogen and oxygen atoms in total. The first-order chi connectivity index (χ1) is 24.8. The number of hydrogen-bond donors (Lipinski definition) is 0. The highest BCUT2D eigenvalue weighted by molar-refractivity contribution is 7.26. The van der Waals surface area contributed by atoms with Crippen LogP contribution >= 0.6 is 11.3 Å². The summed E-state index contributed by atoms with van der Waals surface area (Å²) in [4.78, 5) is 2.45. The zero-order valence-corrected chi connectivity index (χ0v) is 28.4. The number of allylic oxidation sites excluding steroid dienone is 2. The van der Waals surface area contributed by atoms with Crippen LogP contribution in [-0.4, -0.2) is 6.04 Å². The molecule has 9 rings (SSSR count). The van der Waals surface area contributed by atoms with Gasteiger partial charge < -0.3 is 4.90 Å². The van der Waals surface area contributed by atoms with E-state index in [-0.39, 0.29) is 6.04 Å². The van der Waals surface area contributed by atoms with Gasteiger partial charge in [-0.05, 0) is 87.8 Å². The van der Waals surface area contributed by atoms with E-state index in [1.807, 2.05) is 11.3 Å². The fraction of sp³-hybridized carbons (Fsp3) is 0.0417. The molecule has 7 aromatic carbocycles. The highest BCUT2D eigenvalue weighted by Crippen LogP contribution is 2.43. The molecule has 0 saturated heterocycles. The zero-order chi connectivity index (χ0) is 33.3. The van der Waals surface area contributed by atoms with Gasteiger partial charge in [-0.2, -0.15) is 0 Å². The van der Waals surface area contributed by atoms with E-state index in [2.05, 4.69) is 199 Å². The first kappa shape index (κ1) is 30.1. The molecule has 0 aliphatic heterocycles. The van der Waals surface area contributed by atoms with Crippen molar-refractivity contribution in [1.29, 1.82) is 0 Å². The standard InChI is InChI=1S/C48H35NS/c1-4-12-34(13-5-1)36-24-28-42(29-25-36)49(41-16-8-3-9-17-41)43-30-26-37(27-31-43)35-20-22-38(23-21-35)40-32-45(39-14-6-2-7-15-39)48-46(33-40)44-18-10-11-19-47(44)50-48/h1-28,30-33,42H,29H2.